The van der Waals surface area contributed by atoms with Crippen molar-refractivity contribution >= 4 is 27.0 Å². The molecule has 0 atom stereocenters. The van der Waals surface area contributed by atoms with Crippen LogP contribution in [0.3, 0.4) is 0 Å². The number of alkyl halides is 1. The van der Waals surface area contributed by atoms with Crippen LogP contribution in [0.5, 0.6) is 0 Å². The molecule has 1 aromatic heterocycles. The molecule has 0 bridgehead atoms. The van der Waals surface area contributed by atoms with E-state index in [2.05, 4.69) is 34.8 Å². The van der Waals surface area contributed by atoms with Gasteiger partial charge in [-0.1, -0.05) is 41.9 Å². The fraction of sp³-hybridized carbons (Fsp3) is 0.500. The molecule has 1 aromatic carbocycles. The summed E-state index contributed by atoms with van der Waals surface area (Å²) in [6, 6.07) is 7.84. The van der Waals surface area contributed by atoms with E-state index < -0.39 is 0 Å². The van der Waals surface area contributed by atoms with Crippen molar-refractivity contribution in [2.75, 3.05) is 5.33 Å². The molecule has 0 aliphatic heterocycles. The highest BCUT2D eigenvalue weighted by molar-refractivity contribution is 9.09. The first-order chi connectivity index (χ1) is 8.53. The first-order valence-corrected chi connectivity index (χ1v) is 7.39. The Balaban J connectivity index is 2.22. The van der Waals surface area contributed by atoms with Crippen LogP contribution in [-0.4, -0.2) is 14.9 Å². The summed E-state index contributed by atoms with van der Waals surface area (Å²) >= 11 is 3.48. The first kappa shape index (κ1) is 13.4. The molecule has 1 N–H and O–H groups in total. The standard InChI is InChI=1S/C14H19BrN2O/c1-14(2,7-9-15)8-10-17-12-6-4-3-5-11(12)16-13(17)18/h3-6H,7-10H2,1-2H3,(H,16,18). The van der Waals surface area contributed by atoms with E-state index in [1.165, 1.54) is 0 Å². The van der Waals surface area contributed by atoms with E-state index >= 15 is 0 Å². The Morgan fingerprint density at radius 3 is 2.72 bits per heavy atom. The van der Waals surface area contributed by atoms with Crippen LogP contribution in [0.1, 0.15) is 26.7 Å². The largest absolute Gasteiger partial charge is 0.326 e. The van der Waals surface area contributed by atoms with Gasteiger partial charge < -0.3 is 4.98 Å². The second kappa shape index (κ2) is 5.31. The molecule has 1 heterocycles. The molecule has 2 aromatic rings. The van der Waals surface area contributed by atoms with Gasteiger partial charge in [-0.3, -0.25) is 4.57 Å². The molecular weight excluding hydrogens is 292 g/mol. The van der Waals surface area contributed by atoms with Crippen molar-refractivity contribution in [2.45, 2.75) is 33.2 Å². The average molecular weight is 311 g/mol. The van der Waals surface area contributed by atoms with Crippen molar-refractivity contribution in [1.82, 2.24) is 9.55 Å². The van der Waals surface area contributed by atoms with Gasteiger partial charge in [0.25, 0.3) is 0 Å². The Bertz CT molecular complexity index is 583. The van der Waals surface area contributed by atoms with Crippen LogP contribution in [0.4, 0.5) is 0 Å². The molecule has 0 spiro atoms. The van der Waals surface area contributed by atoms with Gasteiger partial charge in [0.05, 0.1) is 11.0 Å². The van der Waals surface area contributed by atoms with Crippen LogP contribution >= 0.6 is 15.9 Å². The lowest BCUT2D eigenvalue weighted by Crippen LogP contribution is -2.21. The molecule has 3 nitrogen and oxygen atoms in total. The Labute approximate surface area is 115 Å². The predicted octanol–water partition coefficient (Wildman–Crippen LogP) is 3.53. The van der Waals surface area contributed by atoms with E-state index in [0.717, 1.165) is 35.7 Å². The quantitative estimate of drug-likeness (QED) is 0.843. The Morgan fingerprint density at radius 1 is 1.28 bits per heavy atom. The number of H-pyrrole nitrogens is 1. The summed E-state index contributed by atoms with van der Waals surface area (Å²) in [7, 11) is 0. The number of aromatic amines is 1. The highest BCUT2D eigenvalue weighted by Gasteiger charge is 2.18. The minimum atomic E-state index is -0.00848. The average Bonchev–Trinajstić information content (AvgIpc) is 2.62. The Kier molecular flexibility index (Phi) is 3.95. The number of hydrogen-bond donors (Lipinski definition) is 1. The van der Waals surface area contributed by atoms with Crippen molar-refractivity contribution in [1.29, 1.82) is 0 Å². The van der Waals surface area contributed by atoms with E-state index in [4.69, 9.17) is 0 Å². The second-order valence-corrected chi connectivity index (χ2v) is 6.25. The number of nitrogens with one attached hydrogen (secondary N) is 1. The summed E-state index contributed by atoms with van der Waals surface area (Å²) < 4.78 is 1.84. The molecule has 0 fully saturated rings. The van der Waals surface area contributed by atoms with E-state index in [9.17, 15) is 4.79 Å². The fourth-order valence-electron chi connectivity index (χ4n) is 2.12. The van der Waals surface area contributed by atoms with Crippen LogP contribution in [0.25, 0.3) is 11.0 Å². The van der Waals surface area contributed by atoms with Crippen molar-refractivity contribution in [3.63, 3.8) is 0 Å². The van der Waals surface area contributed by atoms with Crippen LogP contribution in [0, 0.1) is 5.41 Å². The van der Waals surface area contributed by atoms with Gasteiger partial charge in [-0.2, -0.15) is 0 Å². The van der Waals surface area contributed by atoms with E-state index in [0.29, 0.717) is 0 Å². The summed E-state index contributed by atoms with van der Waals surface area (Å²) in [5.41, 5.74) is 2.16. The molecule has 2 rings (SSSR count). The lowest BCUT2D eigenvalue weighted by atomic mass is 9.86. The van der Waals surface area contributed by atoms with E-state index in [1.54, 1.807) is 0 Å². The zero-order valence-electron chi connectivity index (χ0n) is 10.9. The maximum absolute atomic E-state index is 11.9. The molecular formula is C14H19BrN2O. The van der Waals surface area contributed by atoms with Gasteiger partial charge in [-0.05, 0) is 30.4 Å². The molecule has 0 saturated heterocycles. The zero-order valence-corrected chi connectivity index (χ0v) is 12.5. The van der Waals surface area contributed by atoms with Gasteiger partial charge in [0.2, 0.25) is 0 Å². The molecule has 0 saturated carbocycles. The highest BCUT2D eigenvalue weighted by atomic mass is 79.9. The molecule has 98 valence electrons. The van der Waals surface area contributed by atoms with Gasteiger partial charge in [0.1, 0.15) is 0 Å². The van der Waals surface area contributed by atoms with Gasteiger partial charge >= 0.3 is 5.69 Å². The zero-order chi connectivity index (χ0) is 13.2. The molecule has 0 amide bonds. The summed E-state index contributed by atoms with van der Waals surface area (Å²) in [4.78, 5) is 14.8. The Hall–Kier alpha value is -1.03. The lowest BCUT2D eigenvalue weighted by Gasteiger charge is -2.23. The number of benzene rings is 1. The number of imidazole rings is 1. The predicted molar refractivity (Wildman–Crippen MR) is 79.4 cm³/mol. The van der Waals surface area contributed by atoms with Crippen LogP contribution in [-0.2, 0) is 6.54 Å². The van der Waals surface area contributed by atoms with Crippen LogP contribution in [0.15, 0.2) is 29.1 Å². The first-order valence-electron chi connectivity index (χ1n) is 6.27. The summed E-state index contributed by atoms with van der Waals surface area (Å²) in [5, 5.41) is 1.00. The van der Waals surface area contributed by atoms with E-state index in [1.807, 2.05) is 28.8 Å². The SMILES string of the molecule is CC(C)(CCBr)CCn1c(=O)[nH]c2ccccc21. The normalized spacial score (nSPS) is 12.2. The smallest absolute Gasteiger partial charge is 0.306 e. The van der Waals surface area contributed by atoms with Crippen LogP contribution in [0.2, 0.25) is 0 Å². The van der Waals surface area contributed by atoms with Crippen molar-refractivity contribution in [3.05, 3.63) is 34.7 Å². The number of aromatic nitrogens is 2. The highest BCUT2D eigenvalue weighted by Crippen LogP contribution is 2.26. The monoisotopic (exact) mass is 310 g/mol. The molecule has 0 aliphatic carbocycles. The van der Waals surface area contributed by atoms with Crippen molar-refractivity contribution < 1.29 is 0 Å². The van der Waals surface area contributed by atoms with Gasteiger partial charge in [-0.25, -0.2) is 4.79 Å². The summed E-state index contributed by atoms with van der Waals surface area (Å²) in [6.07, 6.45) is 2.12. The number of para-hydroxylation sites is 2. The third-order valence-corrected chi connectivity index (χ3v) is 3.86. The van der Waals surface area contributed by atoms with Gasteiger partial charge in [-0.15, -0.1) is 0 Å². The fourth-order valence-corrected chi connectivity index (χ4v) is 3.20. The molecule has 0 unspecified atom stereocenters. The minimum Gasteiger partial charge on any atom is -0.306 e. The van der Waals surface area contributed by atoms with Gasteiger partial charge in [0.15, 0.2) is 0 Å². The third-order valence-electron chi connectivity index (χ3n) is 3.47. The van der Waals surface area contributed by atoms with Gasteiger partial charge in [0, 0.05) is 11.9 Å². The number of hydrogen-bond acceptors (Lipinski definition) is 1. The molecule has 0 aliphatic rings. The number of aryl methyl sites for hydroxylation is 1. The molecule has 0 radical (unpaired) electrons. The lowest BCUT2D eigenvalue weighted by molar-refractivity contribution is 0.305. The maximum atomic E-state index is 11.9. The van der Waals surface area contributed by atoms with Crippen molar-refractivity contribution in [3.8, 4) is 0 Å². The topological polar surface area (TPSA) is 37.8 Å². The van der Waals surface area contributed by atoms with Crippen molar-refractivity contribution in [2.24, 2.45) is 5.41 Å². The Morgan fingerprint density at radius 2 is 2.00 bits per heavy atom. The molecule has 18 heavy (non-hydrogen) atoms. The second-order valence-electron chi connectivity index (χ2n) is 5.45. The summed E-state index contributed by atoms with van der Waals surface area (Å²) in [6.45, 7) is 5.26. The summed E-state index contributed by atoms with van der Waals surface area (Å²) in [5.74, 6) is 0. The number of fused-ring (bicyclic) bond motifs is 1. The van der Waals surface area contributed by atoms with Crippen LogP contribution < -0.4 is 5.69 Å². The third kappa shape index (κ3) is 2.86. The number of nitrogens with zero attached hydrogens (tertiary/aromatic N) is 1. The molecule has 4 heteroatoms. The minimum absolute atomic E-state index is 0.00848. The maximum Gasteiger partial charge on any atom is 0.326 e. The number of halogens is 1. The van der Waals surface area contributed by atoms with E-state index in [-0.39, 0.29) is 11.1 Å². The number of rotatable bonds is 5.